The second-order valence-corrected chi connectivity index (χ2v) is 6.47. The zero-order chi connectivity index (χ0) is 8.39. The van der Waals surface area contributed by atoms with Gasteiger partial charge in [0, 0.05) is 5.25 Å². The zero-order valence-corrected chi connectivity index (χ0v) is 9.22. The van der Waals surface area contributed by atoms with Crippen LogP contribution in [0.15, 0.2) is 0 Å². The molecule has 3 unspecified atom stereocenters. The third kappa shape index (κ3) is 2.12. The lowest BCUT2D eigenvalue weighted by Gasteiger charge is -2.31. The number of thioether (sulfide) groups is 2. The fraction of sp³-hybridized carbons (Fsp3) is 1.00. The number of hydrogen-bond acceptors (Lipinski definition) is 3. The largest absolute Gasteiger partial charge is 0.305 e. The Labute approximate surface area is 83.4 Å². The van der Waals surface area contributed by atoms with E-state index in [4.69, 9.17) is 0 Å². The number of rotatable bonds is 1. The van der Waals surface area contributed by atoms with Crippen LogP contribution in [0.5, 0.6) is 0 Å². The summed E-state index contributed by atoms with van der Waals surface area (Å²) in [4.78, 5) is 0. The summed E-state index contributed by atoms with van der Waals surface area (Å²) in [5.74, 6) is 3.72. The first kappa shape index (κ1) is 9.22. The van der Waals surface area contributed by atoms with Crippen LogP contribution in [-0.2, 0) is 0 Å². The summed E-state index contributed by atoms with van der Waals surface area (Å²) in [7, 11) is 0. The molecule has 2 saturated heterocycles. The summed E-state index contributed by atoms with van der Waals surface area (Å²) in [6.45, 7) is 3.60. The van der Waals surface area contributed by atoms with Crippen molar-refractivity contribution in [2.45, 2.75) is 30.4 Å². The van der Waals surface area contributed by atoms with Crippen molar-refractivity contribution in [3.05, 3.63) is 0 Å². The van der Waals surface area contributed by atoms with Crippen LogP contribution in [0.4, 0.5) is 0 Å². The quantitative estimate of drug-likeness (QED) is 0.701. The van der Waals surface area contributed by atoms with Crippen molar-refractivity contribution < 1.29 is 0 Å². The summed E-state index contributed by atoms with van der Waals surface area (Å²) in [6, 6.07) is 0. The molecule has 2 aliphatic heterocycles. The minimum atomic E-state index is 0.767. The van der Waals surface area contributed by atoms with Crippen molar-refractivity contribution in [2.24, 2.45) is 5.92 Å². The van der Waals surface area contributed by atoms with Gasteiger partial charge >= 0.3 is 0 Å². The van der Waals surface area contributed by atoms with Crippen LogP contribution in [0.2, 0.25) is 0 Å². The highest BCUT2D eigenvalue weighted by molar-refractivity contribution is 8.01. The molecular weight excluding hydrogens is 186 g/mol. The van der Waals surface area contributed by atoms with E-state index in [1.54, 1.807) is 0 Å². The molecule has 0 spiro atoms. The summed E-state index contributed by atoms with van der Waals surface area (Å²) in [5, 5.41) is 5.29. The van der Waals surface area contributed by atoms with Gasteiger partial charge in [-0.05, 0) is 36.8 Å². The van der Waals surface area contributed by atoms with Crippen LogP contribution >= 0.6 is 23.5 Å². The molecule has 2 aliphatic rings. The SMILES string of the molecule is CC1CCNC(C2CCSC2)S1. The van der Waals surface area contributed by atoms with E-state index in [-0.39, 0.29) is 0 Å². The standard InChI is InChI=1S/C9H17NS2/c1-7-2-4-10-9(12-7)8-3-5-11-6-8/h7-10H,2-6H2,1H3. The fourth-order valence-electron chi connectivity index (χ4n) is 1.86. The Morgan fingerprint density at radius 3 is 2.92 bits per heavy atom. The summed E-state index contributed by atoms with van der Waals surface area (Å²) < 4.78 is 0. The van der Waals surface area contributed by atoms with Crippen molar-refractivity contribution in [2.75, 3.05) is 18.1 Å². The summed E-state index contributed by atoms with van der Waals surface area (Å²) in [6.07, 6.45) is 2.78. The Morgan fingerprint density at radius 2 is 2.25 bits per heavy atom. The molecule has 0 aromatic carbocycles. The smallest absolute Gasteiger partial charge is 0.0571 e. The molecule has 3 heteroatoms. The van der Waals surface area contributed by atoms with E-state index in [0.29, 0.717) is 0 Å². The van der Waals surface area contributed by atoms with Gasteiger partial charge in [0.2, 0.25) is 0 Å². The van der Waals surface area contributed by atoms with Crippen LogP contribution in [0, 0.1) is 5.92 Å². The molecule has 0 amide bonds. The maximum atomic E-state index is 3.64. The van der Waals surface area contributed by atoms with Crippen LogP contribution in [-0.4, -0.2) is 28.7 Å². The molecule has 2 fully saturated rings. The van der Waals surface area contributed by atoms with Crippen molar-refractivity contribution in [1.29, 1.82) is 0 Å². The summed E-state index contributed by atoms with van der Waals surface area (Å²) in [5.41, 5.74) is 0. The van der Waals surface area contributed by atoms with E-state index < -0.39 is 0 Å². The molecule has 0 radical (unpaired) electrons. The molecule has 0 bridgehead atoms. The summed E-state index contributed by atoms with van der Waals surface area (Å²) >= 11 is 4.28. The van der Waals surface area contributed by atoms with Gasteiger partial charge in [-0.25, -0.2) is 0 Å². The van der Waals surface area contributed by atoms with E-state index in [0.717, 1.165) is 16.5 Å². The van der Waals surface area contributed by atoms with Crippen LogP contribution in [0.3, 0.4) is 0 Å². The van der Waals surface area contributed by atoms with Gasteiger partial charge in [-0.3, -0.25) is 0 Å². The molecule has 0 aromatic heterocycles. The number of nitrogens with one attached hydrogen (secondary N) is 1. The molecule has 0 aliphatic carbocycles. The molecule has 3 atom stereocenters. The van der Waals surface area contributed by atoms with Gasteiger partial charge in [-0.1, -0.05) is 6.92 Å². The van der Waals surface area contributed by atoms with Gasteiger partial charge in [0.1, 0.15) is 0 Å². The maximum absolute atomic E-state index is 3.64. The fourth-order valence-corrected chi connectivity index (χ4v) is 4.71. The first-order valence-electron chi connectivity index (χ1n) is 4.83. The molecule has 70 valence electrons. The molecule has 2 heterocycles. The lowest BCUT2D eigenvalue weighted by molar-refractivity contribution is 0.466. The highest BCUT2D eigenvalue weighted by atomic mass is 32.2. The van der Waals surface area contributed by atoms with E-state index in [9.17, 15) is 0 Å². The molecule has 0 aromatic rings. The lowest BCUT2D eigenvalue weighted by Crippen LogP contribution is -2.40. The third-order valence-corrected chi connectivity index (χ3v) is 5.40. The van der Waals surface area contributed by atoms with Crippen molar-refractivity contribution in [3.63, 3.8) is 0 Å². The predicted molar refractivity (Wildman–Crippen MR) is 58.9 cm³/mol. The Balaban J connectivity index is 1.85. The second kappa shape index (κ2) is 4.25. The highest BCUT2D eigenvalue weighted by Gasteiger charge is 2.29. The molecule has 1 nitrogen and oxygen atoms in total. The Bertz CT molecular complexity index is 145. The van der Waals surface area contributed by atoms with E-state index in [1.807, 2.05) is 0 Å². The molecule has 0 saturated carbocycles. The van der Waals surface area contributed by atoms with Gasteiger partial charge in [-0.2, -0.15) is 11.8 Å². The van der Waals surface area contributed by atoms with Crippen molar-refractivity contribution in [3.8, 4) is 0 Å². The predicted octanol–water partition coefficient (Wildman–Crippen LogP) is 2.18. The molecule has 2 rings (SSSR count). The topological polar surface area (TPSA) is 12.0 Å². The van der Waals surface area contributed by atoms with E-state index in [1.165, 1.54) is 30.9 Å². The monoisotopic (exact) mass is 203 g/mol. The molecular formula is C9H17NS2. The van der Waals surface area contributed by atoms with Crippen molar-refractivity contribution >= 4 is 23.5 Å². The highest BCUT2D eigenvalue weighted by Crippen LogP contribution is 2.35. The zero-order valence-electron chi connectivity index (χ0n) is 7.58. The third-order valence-electron chi connectivity index (χ3n) is 2.67. The van der Waals surface area contributed by atoms with Gasteiger partial charge in [-0.15, -0.1) is 11.8 Å². The Hall–Kier alpha value is 0.660. The first-order valence-corrected chi connectivity index (χ1v) is 6.92. The second-order valence-electron chi connectivity index (χ2n) is 3.73. The minimum Gasteiger partial charge on any atom is -0.305 e. The van der Waals surface area contributed by atoms with Gasteiger partial charge in [0.25, 0.3) is 0 Å². The van der Waals surface area contributed by atoms with Crippen LogP contribution in [0.1, 0.15) is 19.8 Å². The van der Waals surface area contributed by atoms with E-state index >= 15 is 0 Å². The van der Waals surface area contributed by atoms with Crippen LogP contribution < -0.4 is 5.32 Å². The molecule has 12 heavy (non-hydrogen) atoms. The Morgan fingerprint density at radius 1 is 1.33 bits per heavy atom. The van der Waals surface area contributed by atoms with Gasteiger partial charge < -0.3 is 5.32 Å². The van der Waals surface area contributed by atoms with Gasteiger partial charge in [0.05, 0.1) is 5.37 Å². The van der Waals surface area contributed by atoms with Crippen molar-refractivity contribution in [1.82, 2.24) is 5.32 Å². The lowest BCUT2D eigenvalue weighted by atomic mass is 10.1. The average molecular weight is 203 g/mol. The average Bonchev–Trinajstić information content (AvgIpc) is 2.56. The maximum Gasteiger partial charge on any atom is 0.0571 e. The Kier molecular flexibility index (Phi) is 3.27. The van der Waals surface area contributed by atoms with Crippen LogP contribution in [0.25, 0.3) is 0 Å². The first-order chi connectivity index (χ1) is 5.86. The van der Waals surface area contributed by atoms with E-state index in [2.05, 4.69) is 35.8 Å². The van der Waals surface area contributed by atoms with Gasteiger partial charge in [0.15, 0.2) is 0 Å². The number of hydrogen-bond donors (Lipinski definition) is 1. The normalized spacial score (nSPS) is 43.2. The minimum absolute atomic E-state index is 0.767. The molecule has 1 N–H and O–H groups in total.